The average Bonchev–Trinajstić information content (AvgIpc) is 2.29. The van der Waals surface area contributed by atoms with Gasteiger partial charge in [0, 0.05) is 6.42 Å². The first-order valence-electron chi connectivity index (χ1n) is 3.52. The van der Waals surface area contributed by atoms with Crippen molar-refractivity contribution < 1.29 is 9.47 Å². The van der Waals surface area contributed by atoms with Gasteiger partial charge in [0.2, 0.25) is 0 Å². The fraction of sp³-hybridized carbons (Fsp3) is 0.429. The van der Waals surface area contributed by atoms with E-state index in [9.17, 15) is 0 Å². The third kappa shape index (κ3) is 1.49. The first-order valence-corrected chi connectivity index (χ1v) is 5.92. The van der Waals surface area contributed by atoms with Crippen LogP contribution in [0.1, 0.15) is 6.42 Å². The lowest BCUT2D eigenvalue weighted by atomic mass is 10.5. The van der Waals surface area contributed by atoms with E-state index in [4.69, 9.17) is 9.47 Å². The summed E-state index contributed by atoms with van der Waals surface area (Å²) in [5.41, 5.74) is 0. The molecule has 66 valence electrons. The monoisotopic (exact) mass is 312 g/mol. The molecular formula is C7H6Br2O2S. The lowest BCUT2D eigenvalue weighted by Crippen LogP contribution is -1.98. The molecule has 0 saturated carbocycles. The van der Waals surface area contributed by atoms with Gasteiger partial charge in [-0.15, -0.1) is 11.3 Å². The molecule has 1 aromatic heterocycles. The predicted octanol–water partition coefficient (Wildman–Crippen LogP) is 3.43. The molecule has 2 nitrogen and oxygen atoms in total. The lowest BCUT2D eigenvalue weighted by Gasteiger charge is -2.00. The molecule has 0 aliphatic carbocycles. The summed E-state index contributed by atoms with van der Waals surface area (Å²) >= 11 is 8.42. The van der Waals surface area contributed by atoms with Crippen LogP contribution in [0.2, 0.25) is 0 Å². The topological polar surface area (TPSA) is 18.5 Å². The van der Waals surface area contributed by atoms with Gasteiger partial charge >= 0.3 is 0 Å². The predicted molar refractivity (Wildman–Crippen MR) is 55.3 cm³/mol. The van der Waals surface area contributed by atoms with E-state index in [1.54, 1.807) is 11.3 Å². The number of thiophene rings is 1. The molecule has 0 unspecified atom stereocenters. The van der Waals surface area contributed by atoms with E-state index in [1.165, 1.54) is 0 Å². The van der Waals surface area contributed by atoms with Crippen molar-refractivity contribution in [3.63, 3.8) is 0 Å². The van der Waals surface area contributed by atoms with Gasteiger partial charge < -0.3 is 9.47 Å². The number of hydrogen-bond donors (Lipinski definition) is 0. The Morgan fingerprint density at radius 1 is 1.00 bits per heavy atom. The largest absolute Gasteiger partial charge is 0.488 e. The minimum atomic E-state index is 0.731. The zero-order valence-electron chi connectivity index (χ0n) is 6.10. The lowest BCUT2D eigenvalue weighted by molar-refractivity contribution is 0.296. The minimum absolute atomic E-state index is 0.731. The van der Waals surface area contributed by atoms with Crippen molar-refractivity contribution in [3.8, 4) is 11.5 Å². The maximum absolute atomic E-state index is 5.51. The minimum Gasteiger partial charge on any atom is -0.488 e. The summed E-state index contributed by atoms with van der Waals surface area (Å²) in [4.78, 5) is 0. The van der Waals surface area contributed by atoms with Gasteiger partial charge in [-0.2, -0.15) is 0 Å². The molecule has 1 aliphatic heterocycles. The Morgan fingerprint density at radius 2 is 1.50 bits per heavy atom. The van der Waals surface area contributed by atoms with Crippen molar-refractivity contribution in [1.29, 1.82) is 0 Å². The molecule has 0 N–H and O–H groups in total. The van der Waals surface area contributed by atoms with Gasteiger partial charge in [-0.1, -0.05) is 0 Å². The summed E-state index contributed by atoms with van der Waals surface area (Å²) in [6, 6.07) is 0. The summed E-state index contributed by atoms with van der Waals surface area (Å²) in [6.07, 6.45) is 0.943. The first kappa shape index (κ1) is 8.84. The molecule has 0 atom stereocenters. The van der Waals surface area contributed by atoms with Crippen LogP contribution in [-0.2, 0) is 0 Å². The molecule has 1 aliphatic rings. The van der Waals surface area contributed by atoms with Crippen LogP contribution in [0, 0.1) is 0 Å². The summed E-state index contributed by atoms with van der Waals surface area (Å²) in [5.74, 6) is 1.67. The Labute approximate surface area is 91.1 Å². The van der Waals surface area contributed by atoms with Gasteiger partial charge in [0.15, 0.2) is 11.5 Å². The van der Waals surface area contributed by atoms with Crippen LogP contribution in [-0.4, -0.2) is 13.2 Å². The van der Waals surface area contributed by atoms with E-state index >= 15 is 0 Å². The van der Waals surface area contributed by atoms with Crippen LogP contribution in [0.15, 0.2) is 7.57 Å². The zero-order valence-corrected chi connectivity index (χ0v) is 10.1. The molecule has 0 bridgehead atoms. The fourth-order valence-electron chi connectivity index (χ4n) is 1.00. The first-order chi connectivity index (χ1) is 5.79. The van der Waals surface area contributed by atoms with Gasteiger partial charge in [-0.05, 0) is 31.9 Å². The van der Waals surface area contributed by atoms with Crippen molar-refractivity contribution in [2.24, 2.45) is 0 Å². The van der Waals surface area contributed by atoms with Crippen LogP contribution in [0.5, 0.6) is 11.5 Å². The normalized spacial score (nSPS) is 15.8. The summed E-state index contributed by atoms with van der Waals surface area (Å²) < 4.78 is 13.0. The van der Waals surface area contributed by atoms with Crippen LogP contribution in [0.4, 0.5) is 0 Å². The summed E-state index contributed by atoms with van der Waals surface area (Å²) in [5, 5.41) is 0. The second-order valence-electron chi connectivity index (χ2n) is 2.36. The number of fused-ring (bicyclic) bond motifs is 1. The molecule has 0 saturated heterocycles. The third-order valence-electron chi connectivity index (χ3n) is 1.52. The molecule has 2 rings (SSSR count). The number of halogens is 2. The molecule has 0 amide bonds. The molecule has 0 aromatic carbocycles. The van der Waals surface area contributed by atoms with E-state index in [-0.39, 0.29) is 0 Å². The van der Waals surface area contributed by atoms with Gasteiger partial charge in [0.25, 0.3) is 0 Å². The molecule has 2 heterocycles. The Morgan fingerprint density at radius 3 is 2.00 bits per heavy atom. The quantitative estimate of drug-likeness (QED) is 0.730. The Kier molecular flexibility index (Phi) is 2.62. The molecule has 0 fully saturated rings. The van der Waals surface area contributed by atoms with E-state index in [2.05, 4.69) is 31.9 Å². The van der Waals surface area contributed by atoms with Crippen molar-refractivity contribution >= 4 is 43.2 Å². The Hall–Kier alpha value is 0.260. The maximum Gasteiger partial charge on any atom is 0.187 e. The van der Waals surface area contributed by atoms with Crippen LogP contribution >= 0.6 is 43.2 Å². The van der Waals surface area contributed by atoms with Crippen molar-refractivity contribution in [1.82, 2.24) is 0 Å². The second kappa shape index (κ2) is 3.55. The summed E-state index contributed by atoms with van der Waals surface area (Å²) in [6.45, 7) is 1.46. The van der Waals surface area contributed by atoms with Crippen molar-refractivity contribution in [2.45, 2.75) is 6.42 Å². The molecule has 0 spiro atoms. The SMILES string of the molecule is Brc1sc(Br)c2c1OCCCO2. The van der Waals surface area contributed by atoms with Gasteiger partial charge in [0.05, 0.1) is 13.2 Å². The molecular weight excluding hydrogens is 308 g/mol. The van der Waals surface area contributed by atoms with Crippen molar-refractivity contribution in [3.05, 3.63) is 7.57 Å². The number of ether oxygens (including phenoxy) is 2. The fourth-order valence-corrected chi connectivity index (χ4v) is 3.86. The van der Waals surface area contributed by atoms with Gasteiger partial charge in [0.1, 0.15) is 7.57 Å². The van der Waals surface area contributed by atoms with Crippen LogP contribution < -0.4 is 9.47 Å². The maximum atomic E-state index is 5.51. The molecule has 0 radical (unpaired) electrons. The van der Waals surface area contributed by atoms with E-state index in [1.807, 2.05) is 0 Å². The highest BCUT2D eigenvalue weighted by Gasteiger charge is 2.20. The van der Waals surface area contributed by atoms with Gasteiger partial charge in [-0.25, -0.2) is 0 Å². The Bertz CT molecular complexity index is 271. The number of hydrogen-bond acceptors (Lipinski definition) is 3. The highest BCUT2D eigenvalue weighted by molar-refractivity contribution is 9.12. The van der Waals surface area contributed by atoms with E-state index in [0.29, 0.717) is 0 Å². The highest BCUT2D eigenvalue weighted by Crippen LogP contribution is 2.49. The smallest absolute Gasteiger partial charge is 0.187 e. The number of rotatable bonds is 0. The highest BCUT2D eigenvalue weighted by atomic mass is 79.9. The summed E-state index contributed by atoms with van der Waals surface area (Å²) in [7, 11) is 0. The standard InChI is InChI=1S/C7H6Br2O2S/c8-6-4-5(7(9)12-6)11-3-1-2-10-4/h1-3H2. The van der Waals surface area contributed by atoms with E-state index < -0.39 is 0 Å². The molecule has 1 aromatic rings. The molecule has 5 heteroatoms. The Balaban J connectivity index is 2.44. The van der Waals surface area contributed by atoms with E-state index in [0.717, 1.165) is 38.7 Å². The second-order valence-corrected chi connectivity index (χ2v) is 6.01. The van der Waals surface area contributed by atoms with Crippen LogP contribution in [0.3, 0.4) is 0 Å². The average molecular weight is 314 g/mol. The third-order valence-corrected chi connectivity index (χ3v) is 3.94. The van der Waals surface area contributed by atoms with Crippen LogP contribution in [0.25, 0.3) is 0 Å². The molecule has 12 heavy (non-hydrogen) atoms. The van der Waals surface area contributed by atoms with Crippen molar-refractivity contribution in [2.75, 3.05) is 13.2 Å². The van der Waals surface area contributed by atoms with Gasteiger partial charge in [-0.3, -0.25) is 0 Å². The zero-order chi connectivity index (χ0) is 8.55.